The van der Waals surface area contributed by atoms with Gasteiger partial charge in [-0.1, -0.05) is 96.6 Å². The van der Waals surface area contributed by atoms with Crippen LogP contribution in [0.25, 0.3) is 0 Å². The van der Waals surface area contributed by atoms with E-state index in [0.717, 1.165) is 11.3 Å². The van der Waals surface area contributed by atoms with E-state index in [9.17, 15) is 4.79 Å². The summed E-state index contributed by atoms with van der Waals surface area (Å²) in [5, 5.41) is 7.70. The predicted octanol–water partition coefficient (Wildman–Crippen LogP) is 6.29. The van der Waals surface area contributed by atoms with Crippen LogP contribution in [0.2, 0.25) is 0 Å². The van der Waals surface area contributed by atoms with Crippen molar-refractivity contribution in [2.45, 2.75) is 13.8 Å². The Bertz CT molecular complexity index is 1290. The fourth-order valence-electron chi connectivity index (χ4n) is 3.86. The molecule has 1 amide bonds. The average molecular weight is 467 g/mol. The number of carbonyl (C=O) groups excluding carboxylic acids is 1. The molecule has 0 spiro atoms. The molecule has 4 rings (SSSR count). The Morgan fingerprint density at radius 2 is 1.06 bits per heavy atom. The van der Waals surface area contributed by atoms with E-state index < -0.39 is 13.0 Å². The van der Waals surface area contributed by atoms with Gasteiger partial charge in [-0.2, -0.15) is 0 Å². The minimum Gasteiger partial charge on any atom is -0.358 e. The van der Waals surface area contributed by atoms with Crippen LogP contribution in [0.3, 0.4) is 0 Å². The van der Waals surface area contributed by atoms with Gasteiger partial charge in [-0.3, -0.25) is 4.79 Å². The van der Waals surface area contributed by atoms with Crippen molar-refractivity contribution >= 4 is 35.0 Å². The van der Waals surface area contributed by atoms with Crippen molar-refractivity contribution in [2.75, 3.05) is 10.6 Å². The van der Waals surface area contributed by atoms with Gasteiger partial charge in [0.2, 0.25) is 0 Å². The van der Waals surface area contributed by atoms with Gasteiger partial charge in [-0.05, 0) is 38.1 Å². The van der Waals surface area contributed by atoms with Gasteiger partial charge in [-0.15, -0.1) is 0 Å². The summed E-state index contributed by atoms with van der Waals surface area (Å²) < 4.78 is 15.1. The van der Waals surface area contributed by atoms with E-state index in [4.69, 9.17) is 0 Å². The first-order valence-corrected chi connectivity index (χ1v) is 12.8. The highest BCUT2D eigenvalue weighted by Crippen LogP contribution is 2.53. The number of carbonyl (C=O) groups is 1. The largest absolute Gasteiger partial charge is 0.358 e. The molecule has 0 aromatic heterocycles. The molecule has 0 heterocycles. The molecule has 170 valence electrons. The van der Waals surface area contributed by atoms with Crippen LogP contribution in [-0.2, 0) is 9.36 Å². The highest BCUT2D eigenvalue weighted by atomic mass is 31.2. The molecule has 0 radical (unpaired) electrons. The topological polar surface area (TPSA) is 58.2 Å². The molecule has 0 fully saturated rings. The lowest BCUT2D eigenvalue weighted by molar-refractivity contribution is -0.112. The van der Waals surface area contributed by atoms with Crippen molar-refractivity contribution in [1.29, 1.82) is 0 Å². The first kappa shape index (κ1) is 23.3. The van der Waals surface area contributed by atoms with Crippen molar-refractivity contribution in [3.8, 4) is 0 Å². The number of para-hydroxylation sites is 1. The van der Waals surface area contributed by atoms with Crippen LogP contribution in [0, 0.1) is 6.92 Å². The second kappa shape index (κ2) is 10.4. The van der Waals surface area contributed by atoms with Gasteiger partial charge in [0.25, 0.3) is 5.91 Å². The summed E-state index contributed by atoms with van der Waals surface area (Å²) in [7, 11) is -3.52. The molecule has 0 aliphatic rings. The number of hydrogen-bond donors (Lipinski definition) is 2. The molecular formula is C29H27N2O2P. The van der Waals surface area contributed by atoms with Gasteiger partial charge >= 0.3 is 0 Å². The number of aryl methyl sites for hydroxylation is 1. The van der Waals surface area contributed by atoms with E-state index in [1.807, 2.05) is 122 Å². The minimum atomic E-state index is -3.52. The fraction of sp³-hybridized carbons (Fsp3) is 0.0690. The van der Waals surface area contributed by atoms with Gasteiger partial charge in [-0.25, -0.2) is 0 Å². The Hall–Kier alpha value is -3.88. The fourth-order valence-corrected chi connectivity index (χ4v) is 6.73. The Balaban J connectivity index is 1.91. The third kappa shape index (κ3) is 5.03. The summed E-state index contributed by atoms with van der Waals surface area (Å²) in [6.07, 6.45) is 0. The lowest BCUT2D eigenvalue weighted by Crippen LogP contribution is -2.26. The van der Waals surface area contributed by atoms with Crippen LogP contribution < -0.4 is 21.2 Å². The normalized spacial score (nSPS) is 11.9. The maximum Gasteiger partial charge on any atom is 0.261 e. The molecule has 34 heavy (non-hydrogen) atoms. The Labute approximate surface area is 200 Å². The zero-order valence-electron chi connectivity index (χ0n) is 19.2. The van der Waals surface area contributed by atoms with Gasteiger partial charge in [0.1, 0.15) is 5.31 Å². The van der Waals surface area contributed by atoms with Crippen molar-refractivity contribution in [3.63, 3.8) is 0 Å². The van der Waals surface area contributed by atoms with E-state index in [2.05, 4.69) is 10.6 Å². The monoisotopic (exact) mass is 466 g/mol. The molecule has 5 heteroatoms. The summed E-state index contributed by atoms with van der Waals surface area (Å²) in [6, 6.07) is 35.5. The number of amides is 1. The number of anilines is 2. The van der Waals surface area contributed by atoms with Crippen LogP contribution in [0.5, 0.6) is 0 Å². The van der Waals surface area contributed by atoms with E-state index >= 15 is 4.57 Å². The Kier molecular flexibility index (Phi) is 7.10. The maximum atomic E-state index is 15.1. The zero-order chi connectivity index (χ0) is 24.0. The zero-order valence-corrected chi connectivity index (χ0v) is 20.1. The number of allylic oxidation sites excluding steroid dienone is 1. The molecule has 4 aromatic rings. The molecule has 0 atom stereocenters. The molecule has 0 saturated carbocycles. The van der Waals surface area contributed by atoms with Crippen LogP contribution in [0.1, 0.15) is 12.5 Å². The van der Waals surface area contributed by atoms with E-state index in [-0.39, 0.29) is 5.31 Å². The average Bonchev–Trinajstić information content (AvgIpc) is 2.87. The summed E-state index contributed by atoms with van der Waals surface area (Å²) in [5.41, 5.74) is 3.13. The van der Waals surface area contributed by atoms with Gasteiger partial charge in [0.05, 0.1) is 0 Å². The molecule has 0 aliphatic carbocycles. The lowest BCUT2D eigenvalue weighted by atomic mass is 10.2. The quantitative estimate of drug-likeness (QED) is 0.249. The van der Waals surface area contributed by atoms with E-state index in [1.165, 1.54) is 0 Å². The van der Waals surface area contributed by atoms with Crippen molar-refractivity contribution in [2.24, 2.45) is 0 Å². The van der Waals surface area contributed by atoms with Crippen molar-refractivity contribution < 1.29 is 9.36 Å². The molecule has 4 nitrogen and oxygen atoms in total. The predicted molar refractivity (Wildman–Crippen MR) is 142 cm³/mol. The number of hydrogen-bond acceptors (Lipinski definition) is 3. The Morgan fingerprint density at radius 1 is 0.618 bits per heavy atom. The molecule has 2 N–H and O–H groups in total. The number of rotatable bonds is 7. The second-order valence-electron chi connectivity index (χ2n) is 8.07. The molecule has 0 aliphatic heterocycles. The van der Waals surface area contributed by atoms with Crippen LogP contribution in [0.15, 0.2) is 126 Å². The van der Waals surface area contributed by atoms with Crippen LogP contribution in [-0.4, -0.2) is 5.91 Å². The minimum absolute atomic E-state index is 0.217. The SMILES string of the molecule is C/C(Nc1ccc(C)cc1)=C(/C(=O)Nc1ccccc1)P(=O)(c1ccccc1)c1ccccc1. The first-order chi connectivity index (χ1) is 16.5. The van der Waals surface area contributed by atoms with Crippen LogP contribution >= 0.6 is 7.14 Å². The summed E-state index contributed by atoms with van der Waals surface area (Å²) in [6.45, 7) is 3.82. The standard InChI is InChI=1S/C29H27N2O2P/c1-22-18-20-25(21-19-22)30-23(2)28(29(32)31-24-12-6-3-7-13-24)34(33,26-14-8-4-9-15-26)27-16-10-5-11-17-27/h3-21,30H,1-2H3,(H,31,32)/b28-23+. The van der Waals surface area contributed by atoms with E-state index in [0.29, 0.717) is 22.0 Å². The van der Waals surface area contributed by atoms with Crippen molar-refractivity contribution in [1.82, 2.24) is 0 Å². The maximum absolute atomic E-state index is 15.1. The number of benzene rings is 4. The highest BCUT2D eigenvalue weighted by molar-refractivity contribution is 7.83. The molecular weight excluding hydrogens is 439 g/mol. The Morgan fingerprint density at radius 3 is 1.56 bits per heavy atom. The van der Waals surface area contributed by atoms with E-state index in [1.54, 1.807) is 6.92 Å². The third-order valence-corrected chi connectivity index (χ3v) is 8.76. The van der Waals surface area contributed by atoms with Gasteiger partial charge < -0.3 is 15.2 Å². The van der Waals surface area contributed by atoms with Gasteiger partial charge in [0, 0.05) is 27.7 Å². The number of nitrogens with one attached hydrogen (secondary N) is 2. The third-order valence-electron chi connectivity index (χ3n) is 5.54. The molecule has 0 bridgehead atoms. The summed E-state index contributed by atoms with van der Waals surface area (Å²) >= 11 is 0. The summed E-state index contributed by atoms with van der Waals surface area (Å²) in [4.78, 5) is 13.8. The van der Waals surface area contributed by atoms with Crippen molar-refractivity contribution in [3.05, 3.63) is 132 Å². The molecule has 0 saturated heterocycles. The summed E-state index contributed by atoms with van der Waals surface area (Å²) in [5.74, 6) is -0.403. The lowest BCUT2D eigenvalue weighted by Gasteiger charge is -2.25. The first-order valence-electron chi connectivity index (χ1n) is 11.1. The molecule has 4 aromatic carbocycles. The second-order valence-corrected chi connectivity index (χ2v) is 10.8. The van der Waals surface area contributed by atoms with Crippen LogP contribution in [0.4, 0.5) is 11.4 Å². The van der Waals surface area contributed by atoms with Gasteiger partial charge in [0.15, 0.2) is 7.14 Å². The smallest absolute Gasteiger partial charge is 0.261 e. The highest BCUT2D eigenvalue weighted by Gasteiger charge is 2.38. The molecule has 0 unspecified atom stereocenters.